The normalized spacial score (nSPS) is 11.9. The number of thiophene rings is 1. The molecule has 2 N–H and O–H groups in total. The minimum absolute atomic E-state index is 0.594. The molecule has 2 rings (SSSR count). The van der Waals surface area contributed by atoms with E-state index in [0.29, 0.717) is 6.54 Å². The van der Waals surface area contributed by atoms with Crippen LogP contribution in [0.15, 0.2) is 29.6 Å². The molecule has 1 aromatic carbocycles. The second-order valence-electron chi connectivity index (χ2n) is 4.46. The maximum absolute atomic E-state index is 10.2. The molecule has 3 heteroatoms. The predicted octanol–water partition coefficient (Wildman–Crippen LogP) is 3.86. The highest BCUT2D eigenvalue weighted by Gasteiger charge is 2.21. The van der Waals surface area contributed by atoms with E-state index in [4.69, 9.17) is 0 Å². The van der Waals surface area contributed by atoms with Crippen LogP contribution in [0, 0.1) is 0 Å². The van der Waals surface area contributed by atoms with Crippen molar-refractivity contribution in [3.63, 3.8) is 0 Å². The topological polar surface area (TPSA) is 32.3 Å². The van der Waals surface area contributed by atoms with E-state index in [2.05, 4.69) is 35.0 Å². The lowest BCUT2D eigenvalue weighted by atomic mass is 9.97. The van der Waals surface area contributed by atoms with Crippen LogP contribution in [-0.2, 0) is 0 Å². The van der Waals surface area contributed by atoms with E-state index in [0.717, 1.165) is 18.5 Å². The molecule has 0 unspecified atom stereocenters. The third-order valence-electron chi connectivity index (χ3n) is 3.39. The number of aliphatic hydroxyl groups is 1. The van der Waals surface area contributed by atoms with Crippen molar-refractivity contribution in [2.75, 3.05) is 11.9 Å². The van der Waals surface area contributed by atoms with Crippen molar-refractivity contribution in [2.24, 2.45) is 0 Å². The zero-order chi connectivity index (χ0) is 12.3. The zero-order valence-electron chi connectivity index (χ0n) is 10.4. The second-order valence-corrected chi connectivity index (χ2v) is 5.41. The average molecular weight is 249 g/mol. The minimum atomic E-state index is -0.594. The first-order valence-corrected chi connectivity index (χ1v) is 6.98. The van der Waals surface area contributed by atoms with Crippen LogP contribution in [0.1, 0.15) is 26.7 Å². The number of hydrogen-bond acceptors (Lipinski definition) is 3. The molecular weight excluding hydrogens is 230 g/mol. The van der Waals surface area contributed by atoms with Gasteiger partial charge in [0.2, 0.25) is 0 Å². The summed E-state index contributed by atoms with van der Waals surface area (Å²) in [6, 6.07) is 8.46. The molecular formula is C14H19NOS. The Balaban J connectivity index is 2.08. The summed E-state index contributed by atoms with van der Waals surface area (Å²) in [5, 5.41) is 16.9. The summed E-state index contributed by atoms with van der Waals surface area (Å²) in [6.07, 6.45) is 1.55. The lowest BCUT2D eigenvalue weighted by molar-refractivity contribution is 0.0457. The summed E-state index contributed by atoms with van der Waals surface area (Å²) < 4.78 is 1.30. The molecule has 0 spiro atoms. The van der Waals surface area contributed by atoms with Gasteiger partial charge in [-0.15, -0.1) is 11.3 Å². The van der Waals surface area contributed by atoms with Gasteiger partial charge in [-0.2, -0.15) is 0 Å². The van der Waals surface area contributed by atoms with E-state index in [1.165, 1.54) is 10.1 Å². The molecule has 0 fully saturated rings. The Kier molecular flexibility index (Phi) is 3.69. The van der Waals surface area contributed by atoms with Gasteiger partial charge in [0.05, 0.1) is 5.60 Å². The minimum Gasteiger partial charge on any atom is -0.388 e. The van der Waals surface area contributed by atoms with E-state index in [1.54, 1.807) is 11.3 Å². The van der Waals surface area contributed by atoms with Crippen LogP contribution in [0.4, 0.5) is 5.69 Å². The number of anilines is 1. The molecule has 1 aromatic heterocycles. The smallest absolute Gasteiger partial charge is 0.0814 e. The van der Waals surface area contributed by atoms with Gasteiger partial charge in [-0.25, -0.2) is 0 Å². The van der Waals surface area contributed by atoms with E-state index in [1.807, 2.05) is 13.8 Å². The summed E-state index contributed by atoms with van der Waals surface area (Å²) in [7, 11) is 0. The highest BCUT2D eigenvalue weighted by atomic mass is 32.1. The standard InChI is InChI=1S/C14H19NOS/c1-3-14(16,4-2)10-15-12-5-6-13-11(9-12)7-8-17-13/h5-9,15-16H,3-4,10H2,1-2H3. The van der Waals surface area contributed by atoms with Crippen molar-refractivity contribution in [3.8, 4) is 0 Å². The quantitative estimate of drug-likeness (QED) is 0.843. The molecule has 0 saturated carbocycles. The molecule has 0 aliphatic rings. The van der Waals surface area contributed by atoms with Crippen LogP contribution in [0.25, 0.3) is 10.1 Å². The fraction of sp³-hybridized carbons (Fsp3) is 0.429. The molecule has 0 bridgehead atoms. The molecule has 2 nitrogen and oxygen atoms in total. The third kappa shape index (κ3) is 2.79. The van der Waals surface area contributed by atoms with E-state index >= 15 is 0 Å². The van der Waals surface area contributed by atoms with Crippen molar-refractivity contribution in [1.29, 1.82) is 0 Å². The monoisotopic (exact) mass is 249 g/mol. The molecule has 0 aliphatic heterocycles. The van der Waals surface area contributed by atoms with Gasteiger partial charge < -0.3 is 10.4 Å². The summed E-state index contributed by atoms with van der Waals surface area (Å²) >= 11 is 1.75. The van der Waals surface area contributed by atoms with Crippen LogP contribution in [0.5, 0.6) is 0 Å². The van der Waals surface area contributed by atoms with Crippen molar-refractivity contribution in [3.05, 3.63) is 29.6 Å². The van der Waals surface area contributed by atoms with Crippen LogP contribution in [0.3, 0.4) is 0 Å². The molecule has 17 heavy (non-hydrogen) atoms. The summed E-state index contributed by atoms with van der Waals surface area (Å²) in [5.41, 5.74) is 0.486. The van der Waals surface area contributed by atoms with Crippen molar-refractivity contribution >= 4 is 27.1 Å². The molecule has 2 aromatic rings. The highest BCUT2D eigenvalue weighted by molar-refractivity contribution is 7.17. The van der Waals surface area contributed by atoms with Gasteiger partial charge in [0.25, 0.3) is 0 Å². The van der Waals surface area contributed by atoms with Gasteiger partial charge in [-0.05, 0) is 47.9 Å². The molecule has 0 aliphatic carbocycles. The SMILES string of the molecule is CCC(O)(CC)CNc1ccc2sccc2c1. The van der Waals surface area contributed by atoms with Gasteiger partial charge in [0, 0.05) is 16.9 Å². The van der Waals surface area contributed by atoms with Gasteiger partial charge in [-0.3, -0.25) is 0 Å². The Morgan fingerprint density at radius 3 is 2.71 bits per heavy atom. The van der Waals surface area contributed by atoms with Crippen molar-refractivity contribution in [1.82, 2.24) is 0 Å². The van der Waals surface area contributed by atoms with Crippen molar-refractivity contribution in [2.45, 2.75) is 32.3 Å². The van der Waals surface area contributed by atoms with Crippen LogP contribution >= 0.6 is 11.3 Å². The average Bonchev–Trinajstić information content (AvgIpc) is 2.83. The Bertz CT molecular complexity index is 488. The number of nitrogens with one attached hydrogen (secondary N) is 1. The summed E-state index contributed by atoms with van der Waals surface area (Å²) in [5.74, 6) is 0. The third-order valence-corrected chi connectivity index (χ3v) is 4.29. The number of hydrogen-bond donors (Lipinski definition) is 2. The van der Waals surface area contributed by atoms with Crippen LogP contribution in [0.2, 0.25) is 0 Å². The largest absolute Gasteiger partial charge is 0.388 e. The predicted molar refractivity (Wildman–Crippen MR) is 75.8 cm³/mol. The van der Waals surface area contributed by atoms with Crippen molar-refractivity contribution < 1.29 is 5.11 Å². The van der Waals surface area contributed by atoms with Crippen LogP contribution in [-0.4, -0.2) is 17.3 Å². The zero-order valence-corrected chi connectivity index (χ0v) is 11.2. The fourth-order valence-electron chi connectivity index (χ4n) is 1.84. The fourth-order valence-corrected chi connectivity index (χ4v) is 2.61. The van der Waals surface area contributed by atoms with Gasteiger partial charge in [0.15, 0.2) is 0 Å². The van der Waals surface area contributed by atoms with Gasteiger partial charge in [-0.1, -0.05) is 13.8 Å². The van der Waals surface area contributed by atoms with E-state index < -0.39 is 5.60 Å². The Hall–Kier alpha value is -1.06. The number of benzene rings is 1. The summed E-state index contributed by atoms with van der Waals surface area (Å²) in [6.45, 7) is 4.65. The molecule has 1 heterocycles. The first-order valence-electron chi connectivity index (χ1n) is 6.10. The molecule has 92 valence electrons. The Morgan fingerprint density at radius 2 is 2.00 bits per heavy atom. The van der Waals surface area contributed by atoms with Gasteiger partial charge in [0.1, 0.15) is 0 Å². The molecule has 0 saturated heterocycles. The highest BCUT2D eigenvalue weighted by Crippen LogP contribution is 2.24. The number of rotatable bonds is 5. The molecule has 0 amide bonds. The Labute approximate surface area is 106 Å². The maximum atomic E-state index is 10.2. The molecule has 0 atom stereocenters. The molecule has 0 radical (unpaired) electrons. The maximum Gasteiger partial charge on any atom is 0.0814 e. The summed E-state index contributed by atoms with van der Waals surface area (Å²) in [4.78, 5) is 0. The Morgan fingerprint density at radius 1 is 1.24 bits per heavy atom. The number of fused-ring (bicyclic) bond motifs is 1. The van der Waals surface area contributed by atoms with E-state index in [9.17, 15) is 5.11 Å². The van der Waals surface area contributed by atoms with Gasteiger partial charge >= 0.3 is 0 Å². The van der Waals surface area contributed by atoms with E-state index in [-0.39, 0.29) is 0 Å². The lowest BCUT2D eigenvalue weighted by Crippen LogP contribution is -2.35. The first kappa shape index (κ1) is 12.4. The first-order chi connectivity index (χ1) is 8.17. The van der Waals surface area contributed by atoms with Crippen LogP contribution < -0.4 is 5.32 Å². The lowest BCUT2D eigenvalue weighted by Gasteiger charge is -2.26. The second kappa shape index (κ2) is 5.07.